The van der Waals surface area contributed by atoms with E-state index in [-0.39, 0.29) is 5.92 Å². The van der Waals surface area contributed by atoms with Gasteiger partial charge in [-0.25, -0.2) is 0 Å². The maximum absolute atomic E-state index is 10.8. The second kappa shape index (κ2) is 2.29. The number of fused-ring (bicyclic) bond motifs is 3. The molecule has 0 aromatic heterocycles. The van der Waals surface area contributed by atoms with Crippen molar-refractivity contribution in [2.45, 2.75) is 16.1 Å². The summed E-state index contributed by atoms with van der Waals surface area (Å²) in [6.45, 7) is 0. The molecule has 13 heavy (non-hydrogen) atoms. The van der Waals surface area contributed by atoms with E-state index in [1.165, 1.54) is 10.5 Å². The number of carboxylic acid groups (broad SMARTS) is 1. The normalized spacial score (nSPS) is 33.7. The lowest BCUT2D eigenvalue weighted by Gasteiger charge is -2.02. The molecule has 1 aliphatic heterocycles. The van der Waals surface area contributed by atoms with Crippen molar-refractivity contribution in [1.29, 1.82) is 0 Å². The summed E-state index contributed by atoms with van der Waals surface area (Å²) < 4.78 is 0. The summed E-state index contributed by atoms with van der Waals surface area (Å²) in [5.74, 6) is -0.476. The van der Waals surface area contributed by atoms with Crippen molar-refractivity contribution in [2.75, 3.05) is 0 Å². The van der Waals surface area contributed by atoms with Crippen LogP contribution in [0.3, 0.4) is 0 Å². The minimum Gasteiger partial charge on any atom is -0.481 e. The first kappa shape index (κ1) is 7.44. The Balaban J connectivity index is 1.99. The predicted molar refractivity (Wildman–Crippen MR) is 50.0 cm³/mol. The van der Waals surface area contributed by atoms with E-state index in [0.717, 1.165) is 0 Å². The molecule has 1 heterocycles. The average Bonchev–Trinajstić information content (AvgIpc) is 2.71. The highest BCUT2D eigenvalue weighted by atomic mass is 32.2. The molecular formula is C10H8O2S. The van der Waals surface area contributed by atoms with Gasteiger partial charge >= 0.3 is 5.97 Å². The molecule has 0 radical (unpaired) electrons. The second-order valence-corrected chi connectivity index (χ2v) is 4.73. The fourth-order valence-corrected chi connectivity index (χ4v) is 3.70. The smallest absolute Gasteiger partial charge is 0.308 e. The largest absolute Gasteiger partial charge is 0.481 e. The van der Waals surface area contributed by atoms with Crippen molar-refractivity contribution >= 4 is 17.7 Å². The highest BCUT2D eigenvalue weighted by molar-refractivity contribution is 8.00. The number of benzene rings is 1. The Morgan fingerprint density at radius 1 is 1.38 bits per heavy atom. The first-order valence-electron chi connectivity index (χ1n) is 4.27. The number of aliphatic carboxylic acids is 1. The molecule has 1 fully saturated rings. The molecule has 0 saturated heterocycles. The van der Waals surface area contributed by atoms with Crippen LogP contribution >= 0.6 is 11.8 Å². The van der Waals surface area contributed by atoms with Gasteiger partial charge in [0.25, 0.3) is 0 Å². The third kappa shape index (κ3) is 0.879. The molecule has 0 bridgehead atoms. The van der Waals surface area contributed by atoms with Crippen LogP contribution in [0.4, 0.5) is 0 Å². The zero-order valence-corrected chi connectivity index (χ0v) is 7.62. The number of carboxylic acids is 1. The maximum Gasteiger partial charge on any atom is 0.308 e. The Morgan fingerprint density at radius 3 is 2.92 bits per heavy atom. The third-order valence-electron chi connectivity index (χ3n) is 2.78. The number of rotatable bonds is 1. The van der Waals surface area contributed by atoms with Gasteiger partial charge in [-0.1, -0.05) is 18.2 Å². The summed E-state index contributed by atoms with van der Waals surface area (Å²) in [5, 5.41) is 9.19. The highest BCUT2D eigenvalue weighted by Crippen LogP contribution is 2.64. The van der Waals surface area contributed by atoms with E-state index in [2.05, 4.69) is 12.1 Å². The SMILES string of the molecule is O=C(O)C1C2Sc3ccccc3C21. The predicted octanol–water partition coefficient (Wildman–Crippen LogP) is 1.96. The molecule has 0 spiro atoms. The van der Waals surface area contributed by atoms with Crippen LogP contribution in [0.2, 0.25) is 0 Å². The lowest BCUT2D eigenvalue weighted by molar-refractivity contribution is -0.138. The lowest BCUT2D eigenvalue weighted by Crippen LogP contribution is -2.02. The molecule has 1 saturated carbocycles. The number of thioether (sulfide) groups is 1. The van der Waals surface area contributed by atoms with Crippen LogP contribution in [0.15, 0.2) is 29.2 Å². The molecule has 1 aliphatic carbocycles. The van der Waals surface area contributed by atoms with Gasteiger partial charge < -0.3 is 5.11 Å². The van der Waals surface area contributed by atoms with E-state index in [4.69, 9.17) is 5.11 Å². The molecule has 2 nitrogen and oxygen atoms in total. The minimum absolute atomic E-state index is 0.125. The average molecular weight is 192 g/mol. The van der Waals surface area contributed by atoms with Gasteiger partial charge in [0.15, 0.2) is 0 Å². The summed E-state index contributed by atoms with van der Waals surface area (Å²) in [6, 6.07) is 8.12. The van der Waals surface area contributed by atoms with Crippen LogP contribution in [-0.2, 0) is 4.79 Å². The maximum atomic E-state index is 10.8. The molecule has 1 N–H and O–H groups in total. The molecule has 66 valence electrons. The van der Waals surface area contributed by atoms with Crippen LogP contribution in [0, 0.1) is 5.92 Å². The second-order valence-electron chi connectivity index (χ2n) is 3.51. The van der Waals surface area contributed by atoms with Gasteiger partial charge in [0, 0.05) is 16.1 Å². The van der Waals surface area contributed by atoms with Crippen LogP contribution in [0.5, 0.6) is 0 Å². The Kier molecular flexibility index (Phi) is 1.31. The first-order valence-corrected chi connectivity index (χ1v) is 5.15. The molecule has 1 aromatic carbocycles. The zero-order chi connectivity index (χ0) is 9.00. The summed E-state index contributed by atoms with van der Waals surface area (Å²) in [6.07, 6.45) is 0. The molecular weight excluding hydrogens is 184 g/mol. The van der Waals surface area contributed by atoms with Gasteiger partial charge in [-0.05, 0) is 11.6 Å². The molecule has 1 aromatic rings. The van der Waals surface area contributed by atoms with Crippen molar-refractivity contribution in [3.63, 3.8) is 0 Å². The van der Waals surface area contributed by atoms with E-state index in [0.29, 0.717) is 11.2 Å². The van der Waals surface area contributed by atoms with Crippen LogP contribution in [0.25, 0.3) is 0 Å². The highest BCUT2D eigenvalue weighted by Gasteiger charge is 2.60. The van der Waals surface area contributed by atoms with E-state index in [9.17, 15) is 4.79 Å². The first-order chi connectivity index (χ1) is 6.29. The van der Waals surface area contributed by atoms with Gasteiger partial charge in [-0.2, -0.15) is 0 Å². The topological polar surface area (TPSA) is 37.3 Å². The number of carbonyl (C=O) groups is 1. The standard InChI is InChI=1S/C10H8O2S/c11-10(12)8-7-5-3-1-2-4-6(5)13-9(7)8/h1-4,7-9H,(H,11,12). The fraction of sp³-hybridized carbons (Fsp3) is 0.300. The van der Waals surface area contributed by atoms with Gasteiger partial charge in [-0.15, -0.1) is 11.8 Å². The zero-order valence-electron chi connectivity index (χ0n) is 6.81. The third-order valence-corrected chi connectivity index (χ3v) is 4.26. The van der Waals surface area contributed by atoms with E-state index in [1.54, 1.807) is 11.8 Å². The van der Waals surface area contributed by atoms with Crippen LogP contribution < -0.4 is 0 Å². The summed E-state index contributed by atoms with van der Waals surface area (Å²) in [5.41, 5.74) is 1.24. The molecule has 3 heteroatoms. The molecule has 2 aliphatic rings. The lowest BCUT2D eigenvalue weighted by atomic mass is 10.1. The van der Waals surface area contributed by atoms with Gasteiger partial charge in [0.2, 0.25) is 0 Å². The van der Waals surface area contributed by atoms with Gasteiger partial charge in [0.05, 0.1) is 5.92 Å². The Labute approximate surface area is 80.0 Å². The number of hydrogen-bond donors (Lipinski definition) is 1. The quantitative estimate of drug-likeness (QED) is 0.739. The molecule has 0 amide bonds. The number of hydrogen-bond acceptors (Lipinski definition) is 2. The van der Waals surface area contributed by atoms with Crippen molar-refractivity contribution < 1.29 is 9.90 Å². The van der Waals surface area contributed by atoms with Gasteiger partial charge in [0.1, 0.15) is 0 Å². The molecule has 3 rings (SSSR count). The van der Waals surface area contributed by atoms with Crippen LogP contribution in [0.1, 0.15) is 11.5 Å². The van der Waals surface area contributed by atoms with E-state index >= 15 is 0 Å². The Bertz CT molecular complexity index is 388. The van der Waals surface area contributed by atoms with E-state index in [1.807, 2.05) is 12.1 Å². The summed E-state index contributed by atoms with van der Waals surface area (Å²) >= 11 is 1.72. The summed E-state index contributed by atoms with van der Waals surface area (Å²) in [7, 11) is 0. The monoisotopic (exact) mass is 192 g/mol. The molecule has 3 atom stereocenters. The summed E-state index contributed by atoms with van der Waals surface area (Å²) in [4.78, 5) is 12.0. The van der Waals surface area contributed by atoms with Gasteiger partial charge in [-0.3, -0.25) is 4.79 Å². The van der Waals surface area contributed by atoms with Crippen molar-refractivity contribution in [2.24, 2.45) is 5.92 Å². The van der Waals surface area contributed by atoms with Crippen molar-refractivity contribution in [3.8, 4) is 0 Å². The van der Waals surface area contributed by atoms with Crippen LogP contribution in [-0.4, -0.2) is 16.3 Å². The van der Waals surface area contributed by atoms with E-state index < -0.39 is 5.97 Å². The van der Waals surface area contributed by atoms with Crippen molar-refractivity contribution in [3.05, 3.63) is 29.8 Å². The fourth-order valence-electron chi connectivity index (χ4n) is 2.10. The molecule has 3 unspecified atom stereocenters. The van der Waals surface area contributed by atoms with Crippen molar-refractivity contribution in [1.82, 2.24) is 0 Å². The minimum atomic E-state index is -0.642. The Hall–Kier alpha value is -0.960. The Morgan fingerprint density at radius 2 is 2.15 bits per heavy atom.